The smallest absolute Gasteiger partial charge is 0.0320 e. The Kier molecular flexibility index (Phi) is 5.87. The third-order valence-electron chi connectivity index (χ3n) is 3.63. The minimum absolute atomic E-state index is 0.494. The third-order valence-corrected chi connectivity index (χ3v) is 3.63. The van der Waals surface area contributed by atoms with Gasteiger partial charge in [0.2, 0.25) is 0 Å². The van der Waals surface area contributed by atoms with E-state index in [4.69, 9.17) is 0 Å². The van der Waals surface area contributed by atoms with Crippen LogP contribution in [0.3, 0.4) is 0 Å². The highest BCUT2D eigenvalue weighted by atomic mass is 14.9. The van der Waals surface area contributed by atoms with Crippen molar-refractivity contribution in [3.05, 3.63) is 34.9 Å². The van der Waals surface area contributed by atoms with Crippen LogP contribution in [0.15, 0.2) is 18.2 Å². The molecule has 1 N–H and O–H groups in total. The zero-order chi connectivity index (χ0) is 13.7. The van der Waals surface area contributed by atoms with Crippen LogP contribution < -0.4 is 5.32 Å². The van der Waals surface area contributed by atoms with Crippen LogP contribution >= 0.6 is 0 Å². The van der Waals surface area contributed by atoms with Gasteiger partial charge in [0.25, 0.3) is 0 Å². The van der Waals surface area contributed by atoms with Gasteiger partial charge >= 0.3 is 0 Å². The van der Waals surface area contributed by atoms with Crippen molar-refractivity contribution in [2.75, 3.05) is 6.54 Å². The van der Waals surface area contributed by atoms with Crippen molar-refractivity contribution in [1.82, 2.24) is 5.32 Å². The zero-order valence-electron chi connectivity index (χ0n) is 12.9. The van der Waals surface area contributed by atoms with Crippen LogP contribution in [0.25, 0.3) is 0 Å². The van der Waals surface area contributed by atoms with E-state index in [2.05, 4.69) is 65.1 Å². The van der Waals surface area contributed by atoms with Crippen LogP contribution in [0.4, 0.5) is 0 Å². The Bertz CT molecular complexity index is 366. The van der Waals surface area contributed by atoms with E-state index in [1.54, 1.807) is 0 Å². The number of benzene rings is 1. The number of nitrogens with one attached hydrogen (secondary N) is 1. The molecule has 0 aliphatic carbocycles. The van der Waals surface area contributed by atoms with Gasteiger partial charge in [-0.05, 0) is 41.5 Å². The van der Waals surface area contributed by atoms with Crippen LogP contribution in [0.5, 0.6) is 0 Å². The molecule has 1 atom stereocenters. The molecule has 0 spiro atoms. The van der Waals surface area contributed by atoms with Crippen molar-refractivity contribution >= 4 is 0 Å². The van der Waals surface area contributed by atoms with Gasteiger partial charge in [-0.3, -0.25) is 0 Å². The van der Waals surface area contributed by atoms with Gasteiger partial charge in [-0.25, -0.2) is 0 Å². The molecular weight excluding hydrogens is 218 g/mol. The largest absolute Gasteiger partial charge is 0.310 e. The van der Waals surface area contributed by atoms with E-state index in [1.807, 2.05) is 0 Å². The van der Waals surface area contributed by atoms with Gasteiger partial charge in [0.05, 0.1) is 0 Å². The first kappa shape index (κ1) is 15.2. The summed E-state index contributed by atoms with van der Waals surface area (Å²) in [6, 6.07) is 7.53. The van der Waals surface area contributed by atoms with Crippen LogP contribution in [-0.4, -0.2) is 6.54 Å². The van der Waals surface area contributed by atoms with Gasteiger partial charge in [0.15, 0.2) is 0 Å². The molecule has 0 saturated heterocycles. The average Bonchev–Trinajstić information content (AvgIpc) is 2.35. The topological polar surface area (TPSA) is 12.0 Å². The first-order chi connectivity index (χ1) is 8.51. The van der Waals surface area contributed by atoms with Crippen molar-refractivity contribution in [3.63, 3.8) is 0 Å². The molecular formula is C17H29N. The fraction of sp³-hybridized carbons (Fsp3) is 0.647. The summed E-state index contributed by atoms with van der Waals surface area (Å²) in [5, 5.41) is 3.59. The highest BCUT2D eigenvalue weighted by molar-refractivity contribution is 5.37. The van der Waals surface area contributed by atoms with Crippen molar-refractivity contribution in [2.45, 2.75) is 65.8 Å². The van der Waals surface area contributed by atoms with Gasteiger partial charge in [-0.2, -0.15) is 0 Å². The Balaban J connectivity index is 3.17. The Morgan fingerprint density at radius 1 is 0.944 bits per heavy atom. The Morgan fingerprint density at radius 2 is 1.61 bits per heavy atom. The lowest BCUT2D eigenvalue weighted by Gasteiger charge is -2.23. The molecule has 1 aromatic carbocycles. The summed E-state index contributed by atoms with van der Waals surface area (Å²) >= 11 is 0. The summed E-state index contributed by atoms with van der Waals surface area (Å²) in [4.78, 5) is 0. The fourth-order valence-corrected chi connectivity index (χ4v) is 2.49. The molecule has 0 fully saturated rings. The average molecular weight is 247 g/mol. The number of hydrogen-bond acceptors (Lipinski definition) is 1. The summed E-state index contributed by atoms with van der Waals surface area (Å²) in [6.45, 7) is 14.6. The van der Waals surface area contributed by atoms with E-state index in [9.17, 15) is 0 Å². The van der Waals surface area contributed by atoms with Crippen LogP contribution in [-0.2, 0) is 0 Å². The van der Waals surface area contributed by atoms with Crippen LogP contribution in [0, 0.1) is 0 Å². The molecule has 0 saturated carbocycles. The van der Waals surface area contributed by atoms with Gasteiger partial charge in [-0.15, -0.1) is 0 Å². The summed E-state index contributed by atoms with van der Waals surface area (Å²) < 4.78 is 0. The first-order valence-corrected chi connectivity index (χ1v) is 7.38. The Labute approximate surface area is 113 Å². The van der Waals surface area contributed by atoms with Gasteiger partial charge in [-0.1, -0.05) is 59.7 Å². The zero-order valence-corrected chi connectivity index (χ0v) is 12.9. The van der Waals surface area contributed by atoms with Crippen molar-refractivity contribution < 1.29 is 0 Å². The minimum atomic E-state index is 0.494. The van der Waals surface area contributed by atoms with Crippen LogP contribution in [0.2, 0.25) is 0 Å². The van der Waals surface area contributed by atoms with Crippen LogP contribution in [0.1, 0.15) is 82.5 Å². The number of hydrogen-bond donors (Lipinski definition) is 1. The molecule has 0 aliphatic rings. The SMILES string of the molecule is CCNC(CC)c1ccc(C(C)C)cc1C(C)C. The standard InChI is InChI=1S/C17H29N/c1-7-17(18-8-2)15-10-9-14(12(3)4)11-16(15)13(5)6/h9-13,17-18H,7-8H2,1-6H3. The second-order valence-corrected chi connectivity index (χ2v) is 5.72. The molecule has 0 radical (unpaired) electrons. The minimum Gasteiger partial charge on any atom is -0.310 e. The fourth-order valence-electron chi connectivity index (χ4n) is 2.49. The van der Waals surface area contributed by atoms with E-state index in [1.165, 1.54) is 16.7 Å². The van der Waals surface area contributed by atoms with Gasteiger partial charge < -0.3 is 5.32 Å². The molecule has 1 rings (SSSR count). The molecule has 0 bridgehead atoms. The normalized spacial score (nSPS) is 13.3. The Morgan fingerprint density at radius 3 is 2.06 bits per heavy atom. The maximum atomic E-state index is 3.59. The lowest BCUT2D eigenvalue weighted by molar-refractivity contribution is 0.530. The van der Waals surface area contributed by atoms with Gasteiger partial charge in [0.1, 0.15) is 0 Å². The summed E-state index contributed by atoms with van der Waals surface area (Å²) in [6.07, 6.45) is 1.15. The summed E-state index contributed by atoms with van der Waals surface area (Å²) in [7, 11) is 0. The van der Waals surface area contributed by atoms with Crippen molar-refractivity contribution in [3.8, 4) is 0 Å². The molecule has 1 aromatic rings. The second-order valence-electron chi connectivity index (χ2n) is 5.72. The second kappa shape index (κ2) is 6.94. The molecule has 0 aliphatic heterocycles. The molecule has 1 nitrogen and oxygen atoms in total. The summed E-state index contributed by atoms with van der Waals surface area (Å²) in [5.74, 6) is 1.20. The molecule has 18 heavy (non-hydrogen) atoms. The lowest BCUT2D eigenvalue weighted by atomic mass is 9.88. The van der Waals surface area contributed by atoms with E-state index in [-0.39, 0.29) is 0 Å². The highest BCUT2D eigenvalue weighted by Gasteiger charge is 2.15. The first-order valence-electron chi connectivity index (χ1n) is 7.38. The van der Waals surface area contributed by atoms with E-state index in [0.29, 0.717) is 17.9 Å². The summed E-state index contributed by atoms with van der Waals surface area (Å²) in [5.41, 5.74) is 4.45. The van der Waals surface area contributed by atoms with E-state index in [0.717, 1.165) is 13.0 Å². The molecule has 0 heterocycles. The number of rotatable bonds is 6. The van der Waals surface area contributed by atoms with E-state index >= 15 is 0 Å². The van der Waals surface area contributed by atoms with Crippen molar-refractivity contribution in [1.29, 1.82) is 0 Å². The van der Waals surface area contributed by atoms with E-state index < -0.39 is 0 Å². The maximum Gasteiger partial charge on any atom is 0.0320 e. The monoisotopic (exact) mass is 247 g/mol. The molecule has 0 amide bonds. The molecule has 102 valence electrons. The van der Waals surface area contributed by atoms with Gasteiger partial charge in [0, 0.05) is 6.04 Å². The highest BCUT2D eigenvalue weighted by Crippen LogP contribution is 2.30. The molecule has 1 heteroatoms. The molecule has 1 unspecified atom stereocenters. The predicted octanol–water partition coefficient (Wildman–Crippen LogP) is 4.99. The van der Waals surface area contributed by atoms with Crippen molar-refractivity contribution in [2.24, 2.45) is 0 Å². The lowest BCUT2D eigenvalue weighted by Crippen LogP contribution is -2.21. The third kappa shape index (κ3) is 3.58. The maximum absolute atomic E-state index is 3.59. The quantitative estimate of drug-likeness (QED) is 0.746. The molecule has 0 aromatic heterocycles. The predicted molar refractivity (Wildman–Crippen MR) is 81.3 cm³/mol. The Hall–Kier alpha value is -0.820.